The highest BCUT2D eigenvalue weighted by Gasteiger charge is 2.16. The van der Waals surface area contributed by atoms with E-state index in [9.17, 15) is 5.11 Å². The molecule has 0 saturated heterocycles. The van der Waals surface area contributed by atoms with Gasteiger partial charge < -0.3 is 20.3 Å². The second kappa shape index (κ2) is 7.36. The van der Waals surface area contributed by atoms with Crippen molar-refractivity contribution in [2.45, 2.75) is 31.8 Å². The van der Waals surface area contributed by atoms with Gasteiger partial charge in [0.2, 0.25) is 0 Å². The van der Waals surface area contributed by atoms with Crippen molar-refractivity contribution in [3.05, 3.63) is 24.3 Å². The molecule has 1 saturated carbocycles. The predicted octanol–water partition coefficient (Wildman–Crippen LogP) is 2.22. The van der Waals surface area contributed by atoms with Gasteiger partial charge in [0, 0.05) is 6.61 Å². The number of hydrogen-bond acceptors (Lipinski definition) is 4. The van der Waals surface area contributed by atoms with E-state index in [1.165, 1.54) is 19.3 Å². The van der Waals surface area contributed by atoms with Crippen LogP contribution in [0, 0.1) is 5.92 Å². The molecule has 106 valence electrons. The Kier molecular flexibility index (Phi) is 5.48. The summed E-state index contributed by atoms with van der Waals surface area (Å²) in [5.74, 6) is 1.45. The van der Waals surface area contributed by atoms with Crippen molar-refractivity contribution < 1.29 is 14.6 Å². The lowest BCUT2D eigenvalue weighted by Gasteiger charge is -2.25. The van der Waals surface area contributed by atoms with Gasteiger partial charge in [0.1, 0.15) is 18.5 Å². The zero-order valence-electron chi connectivity index (χ0n) is 11.3. The molecule has 0 aromatic heterocycles. The Morgan fingerprint density at radius 1 is 1.26 bits per heavy atom. The first-order chi connectivity index (χ1) is 9.25. The van der Waals surface area contributed by atoms with E-state index in [0.717, 1.165) is 18.9 Å². The van der Waals surface area contributed by atoms with Crippen LogP contribution in [0.15, 0.2) is 24.3 Å². The highest BCUT2D eigenvalue weighted by atomic mass is 16.5. The van der Waals surface area contributed by atoms with Crippen LogP contribution < -0.4 is 10.5 Å². The van der Waals surface area contributed by atoms with E-state index in [-0.39, 0.29) is 6.61 Å². The van der Waals surface area contributed by atoms with E-state index < -0.39 is 6.10 Å². The van der Waals surface area contributed by atoms with Crippen molar-refractivity contribution in [2.75, 3.05) is 25.6 Å². The largest absolute Gasteiger partial charge is 0.489 e. The van der Waals surface area contributed by atoms with Crippen LogP contribution in [0.5, 0.6) is 5.75 Å². The summed E-state index contributed by atoms with van der Waals surface area (Å²) in [6.07, 6.45) is 4.53. The van der Waals surface area contributed by atoms with Crippen LogP contribution >= 0.6 is 0 Å². The van der Waals surface area contributed by atoms with Crippen LogP contribution in [0.4, 0.5) is 5.69 Å². The Hall–Kier alpha value is -1.26. The Balaban J connectivity index is 1.56. The summed E-state index contributed by atoms with van der Waals surface area (Å²) in [6.45, 7) is 1.26. The number of aliphatic hydroxyl groups excluding tert-OH is 1. The quantitative estimate of drug-likeness (QED) is 0.559. The zero-order chi connectivity index (χ0) is 13.5. The second-order valence-corrected chi connectivity index (χ2v) is 5.16. The molecular weight excluding hydrogens is 242 g/mol. The van der Waals surface area contributed by atoms with Crippen LogP contribution in [0.25, 0.3) is 0 Å². The van der Waals surface area contributed by atoms with Gasteiger partial charge >= 0.3 is 0 Å². The summed E-state index contributed by atoms with van der Waals surface area (Å²) in [5.41, 5.74) is 6.33. The summed E-state index contributed by atoms with van der Waals surface area (Å²) in [4.78, 5) is 0. The summed E-state index contributed by atoms with van der Waals surface area (Å²) in [6, 6.07) is 7.27. The van der Waals surface area contributed by atoms with Gasteiger partial charge in [0.15, 0.2) is 0 Å². The summed E-state index contributed by atoms with van der Waals surface area (Å²) in [5, 5.41) is 9.75. The SMILES string of the molecule is Nc1ccccc1OCC(O)COCCC1CCC1. The molecule has 2 rings (SSSR count). The lowest BCUT2D eigenvalue weighted by Crippen LogP contribution is -2.24. The summed E-state index contributed by atoms with van der Waals surface area (Å²) >= 11 is 0. The fourth-order valence-corrected chi connectivity index (χ4v) is 2.10. The molecule has 1 aliphatic carbocycles. The maximum Gasteiger partial charge on any atom is 0.142 e. The van der Waals surface area contributed by atoms with Crippen LogP contribution in [-0.4, -0.2) is 31.0 Å². The van der Waals surface area contributed by atoms with Crippen molar-refractivity contribution in [3.8, 4) is 5.75 Å². The van der Waals surface area contributed by atoms with Crippen molar-refractivity contribution in [1.29, 1.82) is 0 Å². The second-order valence-electron chi connectivity index (χ2n) is 5.16. The molecule has 19 heavy (non-hydrogen) atoms. The molecule has 0 amide bonds. The maximum absolute atomic E-state index is 9.75. The molecule has 1 aliphatic rings. The lowest BCUT2D eigenvalue weighted by atomic mass is 9.83. The number of nitrogens with two attached hydrogens (primary N) is 1. The maximum atomic E-state index is 9.75. The van der Waals surface area contributed by atoms with Gasteiger partial charge in [0.05, 0.1) is 12.3 Å². The van der Waals surface area contributed by atoms with Crippen LogP contribution in [0.2, 0.25) is 0 Å². The fraction of sp³-hybridized carbons (Fsp3) is 0.600. The highest BCUT2D eigenvalue weighted by Crippen LogP contribution is 2.29. The number of aliphatic hydroxyl groups is 1. The normalized spacial score (nSPS) is 16.9. The first kappa shape index (κ1) is 14.2. The highest BCUT2D eigenvalue weighted by molar-refractivity contribution is 5.51. The Morgan fingerprint density at radius 3 is 2.74 bits per heavy atom. The molecule has 4 heteroatoms. The number of ether oxygens (including phenoxy) is 2. The molecule has 1 unspecified atom stereocenters. The third kappa shape index (κ3) is 4.73. The minimum Gasteiger partial charge on any atom is -0.489 e. The van der Waals surface area contributed by atoms with E-state index in [2.05, 4.69) is 0 Å². The van der Waals surface area contributed by atoms with Crippen LogP contribution in [-0.2, 0) is 4.74 Å². The molecule has 1 aromatic rings. The molecule has 0 radical (unpaired) electrons. The number of nitrogen functional groups attached to an aromatic ring is 1. The van der Waals surface area contributed by atoms with E-state index >= 15 is 0 Å². The van der Waals surface area contributed by atoms with Crippen molar-refractivity contribution in [3.63, 3.8) is 0 Å². The van der Waals surface area contributed by atoms with Gasteiger partial charge in [-0.3, -0.25) is 0 Å². The summed E-state index contributed by atoms with van der Waals surface area (Å²) < 4.78 is 10.9. The molecule has 3 N–H and O–H groups in total. The van der Waals surface area contributed by atoms with Crippen molar-refractivity contribution >= 4 is 5.69 Å². The molecule has 1 aromatic carbocycles. The van der Waals surface area contributed by atoms with Gasteiger partial charge in [-0.25, -0.2) is 0 Å². The van der Waals surface area contributed by atoms with Crippen molar-refractivity contribution in [1.82, 2.24) is 0 Å². The van der Waals surface area contributed by atoms with Gasteiger partial charge in [-0.2, -0.15) is 0 Å². The smallest absolute Gasteiger partial charge is 0.142 e. The third-order valence-corrected chi connectivity index (χ3v) is 3.56. The number of benzene rings is 1. The molecule has 4 nitrogen and oxygen atoms in total. The predicted molar refractivity (Wildman–Crippen MR) is 75.1 cm³/mol. The van der Waals surface area contributed by atoms with Gasteiger partial charge in [-0.05, 0) is 24.5 Å². The van der Waals surface area contributed by atoms with E-state index in [0.29, 0.717) is 18.0 Å². The van der Waals surface area contributed by atoms with Crippen molar-refractivity contribution in [2.24, 2.45) is 5.92 Å². The minimum atomic E-state index is -0.610. The Labute approximate surface area is 114 Å². The number of hydrogen-bond donors (Lipinski definition) is 2. The molecule has 0 aliphatic heterocycles. The average molecular weight is 265 g/mol. The monoisotopic (exact) mass is 265 g/mol. The van der Waals surface area contributed by atoms with Crippen LogP contribution in [0.3, 0.4) is 0 Å². The van der Waals surface area contributed by atoms with Crippen LogP contribution in [0.1, 0.15) is 25.7 Å². The topological polar surface area (TPSA) is 64.7 Å². The average Bonchev–Trinajstić information content (AvgIpc) is 2.35. The number of rotatable bonds is 8. The standard InChI is InChI=1S/C15H23NO3/c16-14-6-1-2-7-15(14)19-11-13(17)10-18-9-8-12-4-3-5-12/h1-2,6-7,12-13,17H,3-5,8-11,16H2. The lowest BCUT2D eigenvalue weighted by molar-refractivity contribution is 0.00573. The molecule has 1 fully saturated rings. The van der Waals surface area contributed by atoms with E-state index in [1.54, 1.807) is 12.1 Å². The zero-order valence-corrected chi connectivity index (χ0v) is 11.3. The Morgan fingerprint density at radius 2 is 2.05 bits per heavy atom. The third-order valence-electron chi connectivity index (χ3n) is 3.56. The first-order valence-corrected chi connectivity index (χ1v) is 6.99. The first-order valence-electron chi connectivity index (χ1n) is 6.99. The molecule has 0 heterocycles. The fourth-order valence-electron chi connectivity index (χ4n) is 2.10. The molecule has 0 bridgehead atoms. The summed E-state index contributed by atoms with van der Waals surface area (Å²) in [7, 11) is 0. The number of para-hydroxylation sites is 2. The molecular formula is C15H23NO3. The number of anilines is 1. The van der Waals surface area contributed by atoms with Gasteiger partial charge in [-0.15, -0.1) is 0 Å². The van der Waals surface area contributed by atoms with E-state index in [1.807, 2.05) is 12.1 Å². The Bertz CT molecular complexity index is 379. The molecule has 0 spiro atoms. The van der Waals surface area contributed by atoms with Gasteiger partial charge in [0.25, 0.3) is 0 Å². The molecule has 1 atom stereocenters. The minimum absolute atomic E-state index is 0.206. The van der Waals surface area contributed by atoms with Gasteiger partial charge in [-0.1, -0.05) is 31.4 Å². The van der Waals surface area contributed by atoms with E-state index in [4.69, 9.17) is 15.2 Å².